The summed E-state index contributed by atoms with van der Waals surface area (Å²) >= 11 is 0. The van der Waals surface area contributed by atoms with Crippen molar-refractivity contribution < 1.29 is 14.4 Å². The van der Waals surface area contributed by atoms with Crippen molar-refractivity contribution in [3.05, 3.63) is 35.5 Å². The van der Waals surface area contributed by atoms with E-state index in [1.54, 1.807) is 6.92 Å². The van der Waals surface area contributed by atoms with E-state index < -0.39 is 5.60 Å². The van der Waals surface area contributed by atoms with Crippen molar-refractivity contribution in [3.8, 4) is 0 Å². The maximum absolute atomic E-state index is 12.0. The van der Waals surface area contributed by atoms with Gasteiger partial charge in [-0.3, -0.25) is 4.84 Å². The quantitative estimate of drug-likeness (QED) is 0.818. The van der Waals surface area contributed by atoms with Gasteiger partial charge in [-0.2, -0.15) is 5.06 Å². The van der Waals surface area contributed by atoms with Gasteiger partial charge in [0.05, 0.1) is 13.2 Å². The van der Waals surface area contributed by atoms with Crippen LogP contribution in [-0.4, -0.2) is 35.3 Å². The molecule has 0 spiro atoms. The lowest BCUT2D eigenvalue weighted by Gasteiger charge is -2.28. The van der Waals surface area contributed by atoms with Crippen LogP contribution in [0.5, 0.6) is 0 Å². The Balaban J connectivity index is 1.78. The summed E-state index contributed by atoms with van der Waals surface area (Å²) in [7, 11) is 1.41. The number of nitrogens with zero attached hydrogens (tertiary/aromatic N) is 1. The van der Waals surface area contributed by atoms with Crippen molar-refractivity contribution in [2.45, 2.75) is 31.4 Å². The lowest BCUT2D eigenvalue weighted by atomic mass is 9.92. The van der Waals surface area contributed by atoms with Gasteiger partial charge in [0.1, 0.15) is 0 Å². The molecule has 1 saturated heterocycles. The second-order valence-corrected chi connectivity index (χ2v) is 5.99. The van der Waals surface area contributed by atoms with Crippen LogP contribution in [0, 0.1) is 0 Å². The number of carbonyl (C=O) groups excluding carboxylic acids is 1. The molecule has 2 aromatic rings. The van der Waals surface area contributed by atoms with Gasteiger partial charge in [0.25, 0.3) is 0 Å². The van der Waals surface area contributed by atoms with Gasteiger partial charge in [-0.15, -0.1) is 0 Å². The molecule has 21 heavy (non-hydrogen) atoms. The van der Waals surface area contributed by atoms with Crippen molar-refractivity contribution in [2.24, 2.45) is 0 Å². The number of nitrogens with one attached hydrogen (secondary N) is 1. The number of esters is 1. The Labute approximate surface area is 122 Å². The highest BCUT2D eigenvalue weighted by Gasteiger charge is 2.51. The summed E-state index contributed by atoms with van der Waals surface area (Å²) in [5, 5.41) is 3.20. The lowest BCUT2D eigenvalue weighted by molar-refractivity contribution is -0.216. The van der Waals surface area contributed by atoms with Crippen LogP contribution < -0.4 is 0 Å². The van der Waals surface area contributed by atoms with E-state index in [4.69, 9.17) is 9.57 Å². The lowest BCUT2D eigenvalue weighted by Crippen LogP contribution is -2.38. The van der Waals surface area contributed by atoms with Gasteiger partial charge in [0, 0.05) is 29.6 Å². The largest absolute Gasteiger partial charge is 0.467 e. The van der Waals surface area contributed by atoms with Crippen LogP contribution in [-0.2, 0) is 20.8 Å². The maximum atomic E-state index is 12.0. The molecule has 0 saturated carbocycles. The molecule has 110 valence electrons. The Hall–Kier alpha value is -1.85. The number of hydrogen-bond donors (Lipinski definition) is 1. The van der Waals surface area contributed by atoms with E-state index in [0.29, 0.717) is 6.42 Å². The Morgan fingerprint density at radius 2 is 2.29 bits per heavy atom. The molecule has 4 rings (SSSR count). The molecule has 5 heteroatoms. The first-order chi connectivity index (χ1) is 10.1. The van der Waals surface area contributed by atoms with Crippen molar-refractivity contribution in [1.29, 1.82) is 0 Å². The number of aromatic nitrogens is 1. The van der Waals surface area contributed by atoms with Crippen molar-refractivity contribution in [2.75, 3.05) is 13.7 Å². The summed E-state index contributed by atoms with van der Waals surface area (Å²) in [6, 6.07) is 8.42. The Kier molecular flexibility index (Phi) is 2.65. The zero-order valence-electron chi connectivity index (χ0n) is 12.2. The van der Waals surface area contributed by atoms with Crippen LogP contribution in [0.4, 0.5) is 0 Å². The van der Waals surface area contributed by atoms with Gasteiger partial charge in [-0.25, -0.2) is 4.79 Å². The van der Waals surface area contributed by atoms with Gasteiger partial charge in [0.2, 0.25) is 0 Å². The fourth-order valence-corrected chi connectivity index (χ4v) is 3.61. The van der Waals surface area contributed by atoms with Crippen LogP contribution in [0.25, 0.3) is 10.9 Å². The van der Waals surface area contributed by atoms with Crippen LogP contribution in [0.2, 0.25) is 0 Å². The molecule has 2 aliphatic heterocycles. The molecule has 1 aromatic heterocycles. The third-order valence-electron chi connectivity index (χ3n) is 4.63. The van der Waals surface area contributed by atoms with Crippen molar-refractivity contribution in [3.63, 3.8) is 0 Å². The minimum Gasteiger partial charge on any atom is -0.467 e. The molecular weight excluding hydrogens is 268 g/mol. The number of hydroxylamine groups is 2. The number of methoxy groups -OCH3 is 1. The fraction of sp³-hybridized carbons (Fsp3) is 0.438. The second-order valence-electron chi connectivity index (χ2n) is 5.99. The molecule has 3 heterocycles. The third-order valence-corrected chi connectivity index (χ3v) is 4.63. The van der Waals surface area contributed by atoms with Crippen LogP contribution in [0.3, 0.4) is 0 Å². The molecule has 0 aliphatic carbocycles. The van der Waals surface area contributed by atoms with Gasteiger partial charge in [-0.05, 0) is 25.0 Å². The molecule has 5 nitrogen and oxygen atoms in total. The second kappa shape index (κ2) is 4.32. The topological polar surface area (TPSA) is 54.6 Å². The predicted octanol–water partition coefficient (Wildman–Crippen LogP) is 2.33. The first kappa shape index (κ1) is 12.9. The summed E-state index contributed by atoms with van der Waals surface area (Å²) in [4.78, 5) is 21.4. The van der Waals surface area contributed by atoms with Gasteiger partial charge in [-0.1, -0.05) is 18.2 Å². The molecule has 1 aromatic carbocycles. The van der Waals surface area contributed by atoms with E-state index in [1.807, 2.05) is 11.1 Å². The smallest absolute Gasteiger partial charge is 0.340 e. The normalized spacial score (nSPS) is 28.4. The highest BCUT2D eigenvalue weighted by atomic mass is 16.7. The molecular formula is C16H18N2O3. The van der Waals surface area contributed by atoms with E-state index >= 15 is 0 Å². The zero-order chi connectivity index (χ0) is 14.6. The molecule has 0 radical (unpaired) electrons. The number of hydrogen-bond acceptors (Lipinski definition) is 4. The Morgan fingerprint density at radius 3 is 3.10 bits per heavy atom. The molecule has 0 unspecified atom stereocenters. The van der Waals surface area contributed by atoms with Gasteiger partial charge >= 0.3 is 5.97 Å². The minimum atomic E-state index is -0.891. The molecule has 0 bridgehead atoms. The van der Waals surface area contributed by atoms with Crippen molar-refractivity contribution in [1.82, 2.24) is 10.0 Å². The van der Waals surface area contributed by atoms with Crippen LogP contribution in [0.15, 0.2) is 24.3 Å². The van der Waals surface area contributed by atoms with E-state index in [9.17, 15) is 4.79 Å². The van der Waals surface area contributed by atoms with Crippen molar-refractivity contribution >= 4 is 16.9 Å². The zero-order valence-corrected chi connectivity index (χ0v) is 12.2. The number of ether oxygens (including phenoxy) is 1. The number of para-hydroxylation sites is 1. The summed E-state index contributed by atoms with van der Waals surface area (Å²) in [5.74, 6) is -0.311. The average Bonchev–Trinajstić information content (AvgIpc) is 3.04. The molecule has 2 atom stereocenters. The number of carbonyl (C=O) groups is 1. The minimum absolute atomic E-state index is 0.0882. The molecule has 1 fully saturated rings. The molecule has 0 amide bonds. The number of fused-ring (bicyclic) bond motifs is 5. The summed E-state index contributed by atoms with van der Waals surface area (Å²) in [6.45, 7) is 2.60. The Bertz CT molecular complexity index is 723. The number of benzene rings is 1. The first-order valence-electron chi connectivity index (χ1n) is 7.26. The van der Waals surface area contributed by atoms with Gasteiger partial charge < -0.3 is 9.72 Å². The first-order valence-corrected chi connectivity index (χ1v) is 7.26. The molecule has 2 aliphatic rings. The highest BCUT2D eigenvalue weighted by molar-refractivity contribution is 5.85. The maximum Gasteiger partial charge on any atom is 0.340 e. The fourth-order valence-electron chi connectivity index (χ4n) is 3.61. The summed E-state index contributed by atoms with van der Waals surface area (Å²) in [5.41, 5.74) is 2.79. The predicted molar refractivity (Wildman–Crippen MR) is 77.6 cm³/mol. The SMILES string of the molecule is COC(=O)[C@@]1(C)C[C@@H]2c3[nH]c4ccccc4c3CCN2O1. The standard InChI is InChI=1S/C16H18N2O3/c1-16(15(19)20-2)9-13-14-11(7-8-18(13)21-16)10-5-3-4-6-12(10)17-14/h3-6,13,17H,7-9H2,1-2H3/t13-,16-/m1/s1. The van der Waals surface area contributed by atoms with Crippen LogP contribution >= 0.6 is 0 Å². The molecule has 1 N–H and O–H groups in total. The monoisotopic (exact) mass is 286 g/mol. The average molecular weight is 286 g/mol. The number of H-pyrrole nitrogens is 1. The number of aromatic amines is 1. The van der Waals surface area contributed by atoms with E-state index in [2.05, 4.69) is 23.2 Å². The summed E-state index contributed by atoms with van der Waals surface area (Å²) < 4.78 is 4.89. The highest BCUT2D eigenvalue weighted by Crippen LogP contribution is 2.45. The van der Waals surface area contributed by atoms with E-state index in [1.165, 1.54) is 23.8 Å². The van der Waals surface area contributed by atoms with Gasteiger partial charge in [0.15, 0.2) is 5.60 Å². The number of rotatable bonds is 1. The third kappa shape index (κ3) is 1.74. The Morgan fingerprint density at radius 1 is 1.48 bits per heavy atom. The van der Waals surface area contributed by atoms with E-state index in [0.717, 1.165) is 18.5 Å². The van der Waals surface area contributed by atoms with Crippen LogP contribution in [0.1, 0.15) is 30.6 Å². The van der Waals surface area contributed by atoms with E-state index in [-0.39, 0.29) is 12.0 Å². The summed E-state index contributed by atoms with van der Waals surface area (Å²) in [6.07, 6.45) is 1.53.